The molecule has 2 heterocycles. The number of amides is 2. The Morgan fingerprint density at radius 3 is 2.76 bits per heavy atom. The van der Waals surface area contributed by atoms with Gasteiger partial charge in [-0.1, -0.05) is 6.92 Å². The number of hydrogen-bond donors (Lipinski definition) is 1. The number of rotatable bonds is 3. The molecule has 0 spiro atoms. The Morgan fingerprint density at radius 2 is 2.14 bits per heavy atom. The molecule has 0 radical (unpaired) electrons. The molecule has 5 heteroatoms. The van der Waals surface area contributed by atoms with Crippen LogP contribution in [0.4, 0.5) is 0 Å². The summed E-state index contributed by atoms with van der Waals surface area (Å²) in [4.78, 5) is 28.4. The molecule has 120 valence electrons. The highest BCUT2D eigenvalue weighted by Gasteiger charge is 2.43. The number of carbonyl (C=O) groups excluding carboxylic acids is 2. The summed E-state index contributed by atoms with van der Waals surface area (Å²) in [5.74, 6) is 1.11. The highest BCUT2D eigenvalue weighted by Crippen LogP contribution is 2.27. The zero-order valence-corrected chi connectivity index (χ0v) is 13.8. The van der Waals surface area contributed by atoms with Gasteiger partial charge in [-0.15, -0.1) is 0 Å². The van der Waals surface area contributed by atoms with E-state index in [0.717, 1.165) is 13.1 Å². The van der Waals surface area contributed by atoms with Crippen LogP contribution in [-0.4, -0.2) is 60.4 Å². The van der Waals surface area contributed by atoms with Gasteiger partial charge >= 0.3 is 0 Å². The standard InChI is InChI=1S/C16H29N3O2/c1-12(13-6-5-7-17-11-13)10-14(20)19-9-8-18(4)15(21)16(19,2)3/h12-13,17H,5-11H2,1-4H3. The SMILES string of the molecule is CC(CC(=O)N1CCN(C)C(=O)C1(C)C)C1CCCNC1. The predicted molar refractivity (Wildman–Crippen MR) is 82.8 cm³/mol. The number of piperazine rings is 1. The number of piperidine rings is 1. The van der Waals surface area contributed by atoms with Crippen LogP contribution in [0.1, 0.15) is 40.0 Å². The number of hydrogen-bond acceptors (Lipinski definition) is 3. The van der Waals surface area contributed by atoms with Crippen molar-refractivity contribution >= 4 is 11.8 Å². The van der Waals surface area contributed by atoms with E-state index in [-0.39, 0.29) is 11.8 Å². The minimum absolute atomic E-state index is 0.0362. The van der Waals surface area contributed by atoms with Crippen LogP contribution in [-0.2, 0) is 9.59 Å². The molecule has 2 amide bonds. The molecule has 21 heavy (non-hydrogen) atoms. The summed E-state index contributed by atoms with van der Waals surface area (Å²) < 4.78 is 0. The van der Waals surface area contributed by atoms with E-state index in [0.29, 0.717) is 31.3 Å². The van der Waals surface area contributed by atoms with E-state index in [4.69, 9.17) is 0 Å². The molecule has 1 N–H and O–H groups in total. The first-order valence-electron chi connectivity index (χ1n) is 8.10. The maximum absolute atomic E-state index is 12.7. The Kier molecular flexibility index (Phi) is 4.91. The minimum atomic E-state index is -0.714. The normalized spacial score (nSPS) is 27.6. The molecule has 0 aromatic rings. The first kappa shape index (κ1) is 16.3. The molecular formula is C16H29N3O2. The summed E-state index contributed by atoms with van der Waals surface area (Å²) in [7, 11) is 1.81. The summed E-state index contributed by atoms with van der Waals surface area (Å²) in [6, 6.07) is 0. The Hall–Kier alpha value is -1.10. The van der Waals surface area contributed by atoms with Crippen LogP contribution in [0, 0.1) is 11.8 Å². The minimum Gasteiger partial charge on any atom is -0.342 e. The van der Waals surface area contributed by atoms with Crippen molar-refractivity contribution in [3.63, 3.8) is 0 Å². The predicted octanol–water partition coefficient (Wildman–Crippen LogP) is 1.09. The molecule has 2 aliphatic rings. The van der Waals surface area contributed by atoms with E-state index < -0.39 is 5.54 Å². The van der Waals surface area contributed by atoms with Crippen molar-refractivity contribution in [3.8, 4) is 0 Å². The molecular weight excluding hydrogens is 266 g/mol. The fraction of sp³-hybridized carbons (Fsp3) is 0.875. The molecule has 0 saturated carbocycles. The van der Waals surface area contributed by atoms with Gasteiger partial charge in [-0.05, 0) is 51.6 Å². The van der Waals surface area contributed by atoms with Crippen molar-refractivity contribution in [1.29, 1.82) is 0 Å². The third-order valence-electron chi connectivity index (χ3n) is 5.14. The lowest BCUT2D eigenvalue weighted by atomic mass is 9.84. The van der Waals surface area contributed by atoms with Crippen molar-refractivity contribution < 1.29 is 9.59 Å². The van der Waals surface area contributed by atoms with Crippen molar-refractivity contribution in [1.82, 2.24) is 15.1 Å². The molecule has 0 aromatic carbocycles. The van der Waals surface area contributed by atoms with Crippen LogP contribution in [0.3, 0.4) is 0 Å². The third kappa shape index (κ3) is 3.39. The Balaban J connectivity index is 1.97. The maximum Gasteiger partial charge on any atom is 0.247 e. The van der Waals surface area contributed by atoms with Gasteiger partial charge in [0, 0.05) is 26.6 Å². The smallest absolute Gasteiger partial charge is 0.247 e. The van der Waals surface area contributed by atoms with Crippen molar-refractivity contribution in [2.45, 2.75) is 45.6 Å². The summed E-state index contributed by atoms with van der Waals surface area (Å²) in [5.41, 5.74) is -0.714. The molecule has 2 rings (SSSR count). The lowest BCUT2D eigenvalue weighted by molar-refractivity contribution is -0.157. The quantitative estimate of drug-likeness (QED) is 0.848. The Morgan fingerprint density at radius 1 is 1.43 bits per heavy atom. The number of nitrogens with zero attached hydrogens (tertiary/aromatic N) is 2. The van der Waals surface area contributed by atoms with E-state index in [1.54, 1.807) is 9.80 Å². The zero-order valence-electron chi connectivity index (χ0n) is 13.8. The first-order chi connectivity index (χ1) is 9.84. The molecule has 5 nitrogen and oxygen atoms in total. The van der Waals surface area contributed by atoms with Crippen LogP contribution >= 0.6 is 0 Å². The van der Waals surface area contributed by atoms with E-state index in [9.17, 15) is 9.59 Å². The topological polar surface area (TPSA) is 52.7 Å². The van der Waals surface area contributed by atoms with Gasteiger partial charge < -0.3 is 15.1 Å². The fourth-order valence-electron chi connectivity index (χ4n) is 3.57. The lowest BCUT2D eigenvalue weighted by Gasteiger charge is -2.45. The number of carbonyl (C=O) groups is 2. The summed E-state index contributed by atoms with van der Waals surface area (Å²) >= 11 is 0. The van der Waals surface area contributed by atoms with Gasteiger partial charge in [-0.2, -0.15) is 0 Å². The van der Waals surface area contributed by atoms with Gasteiger partial charge in [0.15, 0.2) is 0 Å². The van der Waals surface area contributed by atoms with E-state index in [2.05, 4.69) is 12.2 Å². The molecule has 2 saturated heterocycles. The Labute approximate surface area is 128 Å². The van der Waals surface area contributed by atoms with E-state index in [1.807, 2.05) is 20.9 Å². The Bertz CT molecular complexity index is 402. The van der Waals surface area contributed by atoms with E-state index in [1.165, 1.54) is 12.8 Å². The van der Waals surface area contributed by atoms with Gasteiger partial charge in [0.2, 0.25) is 11.8 Å². The fourth-order valence-corrected chi connectivity index (χ4v) is 3.57. The third-order valence-corrected chi connectivity index (χ3v) is 5.14. The number of nitrogens with one attached hydrogen (secondary N) is 1. The second-order valence-electron chi connectivity index (χ2n) is 7.12. The first-order valence-corrected chi connectivity index (χ1v) is 8.10. The molecule has 2 unspecified atom stereocenters. The van der Waals surface area contributed by atoms with Gasteiger partial charge in [-0.3, -0.25) is 9.59 Å². The molecule has 0 aromatic heterocycles. The average molecular weight is 295 g/mol. The molecule has 0 bridgehead atoms. The zero-order chi connectivity index (χ0) is 15.6. The number of likely N-dealkylation sites (N-methyl/N-ethyl adjacent to an activating group) is 1. The second kappa shape index (κ2) is 6.34. The highest BCUT2D eigenvalue weighted by molar-refractivity contribution is 5.91. The van der Waals surface area contributed by atoms with Gasteiger partial charge in [0.05, 0.1) is 0 Å². The summed E-state index contributed by atoms with van der Waals surface area (Å²) in [5, 5.41) is 3.41. The van der Waals surface area contributed by atoms with Crippen LogP contribution < -0.4 is 5.32 Å². The largest absolute Gasteiger partial charge is 0.342 e. The molecule has 2 atom stereocenters. The van der Waals surface area contributed by atoms with Crippen LogP contribution in [0.5, 0.6) is 0 Å². The monoisotopic (exact) mass is 295 g/mol. The molecule has 2 aliphatic heterocycles. The van der Waals surface area contributed by atoms with Crippen molar-refractivity contribution in [2.75, 3.05) is 33.2 Å². The summed E-state index contributed by atoms with van der Waals surface area (Å²) in [6.45, 7) is 9.26. The van der Waals surface area contributed by atoms with Crippen LogP contribution in [0.25, 0.3) is 0 Å². The van der Waals surface area contributed by atoms with Gasteiger partial charge in [0.1, 0.15) is 5.54 Å². The lowest BCUT2D eigenvalue weighted by Crippen LogP contribution is -2.63. The van der Waals surface area contributed by atoms with Crippen LogP contribution in [0.15, 0.2) is 0 Å². The second-order valence-corrected chi connectivity index (χ2v) is 7.12. The van der Waals surface area contributed by atoms with E-state index >= 15 is 0 Å². The molecule has 0 aliphatic carbocycles. The summed E-state index contributed by atoms with van der Waals surface area (Å²) in [6.07, 6.45) is 2.95. The maximum atomic E-state index is 12.7. The van der Waals surface area contributed by atoms with Crippen molar-refractivity contribution in [2.24, 2.45) is 11.8 Å². The van der Waals surface area contributed by atoms with Gasteiger partial charge in [-0.25, -0.2) is 0 Å². The highest BCUT2D eigenvalue weighted by atomic mass is 16.2. The van der Waals surface area contributed by atoms with Crippen LogP contribution in [0.2, 0.25) is 0 Å². The molecule has 2 fully saturated rings. The average Bonchev–Trinajstić information content (AvgIpc) is 2.45. The van der Waals surface area contributed by atoms with Crippen molar-refractivity contribution in [3.05, 3.63) is 0 Å². The van der Waals surface area contributed by atoms with Gasteiger partial charge in [0.25, 0.3) is 0 Å².